The van der Waals surface area contributed by atoms with E-state index in [1.54, 1.807) is 18.7 Å². The molecule has 0 saturated carbocycles. The van der Waals surface area contributed by atoms with Gasteiger partial charge in [0.15, 0.2) is 0 Å². The number of carboxylic acid groups (broad SMARTS) is 1. The molecule has 1 aromatic heterocycles. The number of aliphatic carboxylic acids is 1. The third kappa shape index (κ3) is 7.42. The van der Waals surface area contributed by atoms with Crippen molar-refractivity contribution >= 4 is 11.9 Å². The lowest BCUT2D eigenvalue weighted by Crippen LogP contribution is -2.43. The number of aryl methyl sites for hydroxylation is 1. The van der Waals surface area contributed by atoms with E-state index in [1.165, 1.54) is 0 Å². The maximum atomic E-state index is 12.0. The van der Waals surface area contributed by atoms with Gasteiger partial charge in [-0.05, 0) is 50.1 Å². The molecule has 0 aliphatic heterocycles. The van der Waals surface area contributed by atoms with Crippen LogP contribution in [0.4, 0.5) is 0 Å². The van der Waals surface area contributed by atoms with E-state index in [0.29, 0.717) is 37.6 Å². The second-order valence-corrected chi connectivity index (χ2v) is 8.10. The molecule has 1 N–H and O–H groups in total. The molecule has 0 amide bonds. The van der Waals surface area contributed by atoms with Crippen molar-refractivity contribution in [3.05, 3.63) is 71.6 Å². The van der Waals surface area contributed by atoms with Crippen LogP contribution in [-0.2, 0) is 27.3 Å². The Bertz CT molecular complexity index is 1090. The lowest BCUT2D eigenvalue weighted by Gasteiger charge is -2.27. The molecule has 0 bridgehead atoms. The van der Waals surface area contributed by atoms with E-state index in [9.17, 15) is 14.7 Å². The summed E-state index contributed by atoms with van der Waals surface area (Å²) in [5.74, 6) is 0.663. The zero-order chi connectivity index (χ0) is 25.2. The topological polar surface area (TPSA) is 102 Å². The number of oxazole rings is 1. The fourth-order valence-electron chi connectivity index (χ4n) is 3.79. The van der Waals surface area contributed by atoms with Crippen LogP contribution in [-0.4, -0.2) is 52.7 Å². The Morgan fingerprint density at radius 3 is 2.43 bits per heavy atom. The molecular formula is C27H32N2O6. The van der Waals surface area contributed by atoms with Gasteiger partial charge < -0.3 is 19.0 Å². The van der Waals surface area contributed by atoms with E-state index in [4.69, 9.17) is 13.9 Å². The van der Waals surface area contributed by atoms with Gasteiger partial charge in [0.2, 0.25) is 5.89 Å². The Morgan fingerprint density at radius 1 is 1.09 bits per heavy atom. The Hall–Kier alpha value is -3.65. The highest BCUT2D eigenvalue weighted by molar-refractivity contribution is 5.76. The van der Waals surface area contributed by atoms with Gasteiger partial charge in [0.05, 0.1) is 25.5 Å². The van der Waals surface area contributed by atoms with Gasteiger partial charge in [-0.25, -0.2) is 4.98 Å². The van der Waals surface area contributed by atoms with Crippen molar-refractivity contribution in [3.63, 3.8) is 0 Å². The Labute approximate surface area is 205 Å². The number of benzene rings is 2. The van der Waals surface area contributed by atoms with Gasteiger partial charge in [0.25, 0.3) is 0 Å². The Balaban J connectivity index is 1.57. The first kappa shape index (κ1) is 26.0. The summed E-state index contributed by atoms with van der Waals surface area (Å²) in [6.07, 6.45) is 0.984. The molecule has 1 heterocycles. The Morgan fingerprint density at radius 2 is 1.80 bits per heavy atom. The van der Waals surface area contributed by atoms with E-state index in [0.717, 1.165) is 22.6 Å². The predicted molar refractivity (Wildman–Crippen MR) is 131 cm³/mol. The molecule has 8 heteroatoms. The number of hydrogen-bond donors (Lipinski definition) is 1. The van der Waals surface area contributed by atoms with Crippen molar-refractivity contribution in [3.8, 4) is 17.2 Å². The molecule has 0 spiro atoms. The molecule has 1 atom stereocenters. The highest BCUT2D eigenvalue weighted by Crippen LogP contribution is 2.22. The quantitative estimate of drug-likeness (QED) is 0.357. The summed E-state index contributed by atoms with van der Waals surface area (Å²) in [6.45, 7) is 6.32. The normalized spacial score (nSPS) is 11.9. The third-order valence-corrected chi connectivity index (χ3v) is 5.58. The van der Waals surface area contributed by atoms with Crippen molar-refractivity contribution in [1.82, 2.24) is 9.88 Å². The summed E-state index contributed by atoms with van der Waals surface area (Å²) >= 11 is 0. The van der Waals surface area contributed by atoms with Gasteiger partial charge in [-0.15, -0.1) is 0 Å². The summed E-state index contributed by atoms with van der Waals surface area (Å²) in [5.41, 5.74) is 2.67. The van der Waals surface area contributed by atoms with Gasteiger partial charge in [-0.3, -0.25) is 14.5 Å². The van der Waals surface area contributed by atoms with Gasteiger partial charge in [0.1, 0.15) is 17.6 Å². The molecular weight excluding hydrogens is 448 g/mol. The SMILES string of the molecule is CCOC(=O)CN(Cc1ccc(OCCc2nc(-c3ccccc3)oc2C)cc1)C(CC)C(=O)O. The largest absolute Gasteiger partial charge is 0.493 e. The summed E-state index contributed by atoms with van der Waals surface area (Å²) in [6, 6.07) is 16.4. The molecule has 0 radical (unpaired) electrons. The molecule has 2 aromatic carbocycles. The first-order chi connectivity index (χ1) is 16.9. The second kappa shape index (κ2) is 12.7. The van der Waals surface area contributed by atoms with Crippen LogP contribution in [0.1, 0.15) is 37.3 Å². The van der Waals surface area contributed by atoms with Gasteiger partial charge in [-0.2, -0.15) is 0 Å². The number of aromatic nitrogens is 1. The highest BCUT2D eigenvalue weighted by Gasteiger charge is 2.26. The average Bonchev–Trinajstić information content (AvgIpc) is 3.21. The maximum Gasteiger partial charge on any atom is 0.320 e. The average molecular weight is 481 g/mol. The van der Waals surface area contributed by atoms with Crippen LogP contribution in [0.2, 0.25) is 0 Å². The minimum atomic E-state index is -0.963. The van der Waals surface area contributed by atoms with Crippen molar-refractivity contribution < 1.29 is 28.6 Å². The number of carbonyl (C=O) groups excluding carboxylic acids is 1. The molecule has 35 heavy (non-hydrogen) atoms. The summed E-state index contributed by atoms with van der Waals surface area (Å²) in [7, 11) is 0. The van der Waals surface area contributed by atoms with Crippen LogP contribution in [0.15, 0.2) is 59.0 Å². The molecule has 1 unspecified atom stereocenters. The van der Waals surface area contributed by atoms with Crippen molar-refractivity contribution in [2.24, 2.45) is 0 Å². The number of esters is 1. The lowest BCUT2D eigenvalue weighted by molar-refractivity contribution is -0.149. The fraction of sp³-hybridized carbons (Fsp3) is 0.370. The smallest absolute Gasteiger partial charge is 0.320 e. The van der Waals surface area contributed by atoms with Crippen LogP contribution >= 0.6 is 0 Å². The summed E-state index contributed by atoms with van der Waals surface area (Å²) < 4.78 is 16.7. The second-order valence-electron chi connectivity index (χ2n) is 8.10. The van der Waals surface area contributed by atoms with E-state index in [2.05, 4.69) is 4.98 Å². The van der Waals surface area contributed by atoms with Crippen LogP contribution in [0, 0.1) is 6.92 Å². The fourth-order valence-corrected chi connectivity index (χ4v) is 3.79. The minimum absolute atomic E-state index is 0.0844. The summed E-state index contributed by atoms with van der Waals surface area (Å²) in [4.78, 5) is 29.9. The highest BCUT2D eigenvalue weighted by atomic mass is 16.5. The number of nitrogens with zero attached hydrogens (tertiary/aromatic N) is 2. The van der Waals surface area contributed by atoms with E-state index < -0.39 is 18.0 Å². The summed E-state index contributed by atoms with van der Waals surface area (Å²) in [5, 5.41) is 9.56. The first-order valence-corrected chi connectivity index (χ1v) is 11.8. The van der Waals surface area contributed by atoms with Gasteiger partial charge >= 0.3 is 11.9 Å². The molecule has 3 aromatic rings. The molecule has 0 aliphatic rings. The van der Waals surface area contributed by atoms with Gasteiger partial charge in [-0.1, -0.05) is 37.3 Å². The predicted octanol–water partition coefficient (Wildman–Crippen LogP) is 4.50. The first-order valence-electron chi connectivity index (χ1n) is 11.8. The zero-order valence-corrected chi connectivity index (χ0v) is 20.4. The third-order valence-electron chi connectivity index (χ3n) is 5.58. The van der Waals surface area contributed by atoms with Crippen molar-refractivity contribution in [2.45, 2.75) is 46.2 Å². The number of carbonyl (C=O) groups is 2. The minimum Gasteiger partial charge on any atom is -0.493 e. The molecule has 3 rings (SSSR count). The van der Waals surface area contributed by atoms with E-state index in [-0.39, 0.29) is 13.2 Å². The van der Waals surface area contributed by atoms with E-state index in [1.807, 2.05) is 61.5 Å². The van der Waals surface area contributed by atoms with Crippen LogP contribution in [0.3, 0.4) is 0 Å². The standard InChI is InChI=1S/C27H32N2O6/c1-4-24(27(31)32)29(18-25(30)33-5-2)17-20-11-13-22(14-12-20)34-16-15-23-19(3)35-26(28-23)21-9-7-6-8-10-21/h6-14,24H,4-5,15-18H2,1-3H3,(H,31,32). The van der Waals surface area contributed by atoms with Crippen LogP contribution < -0.4 is 4.74 Å². The Kier molecular flexibility index (Phi) is 9.43. The maximum absolute atomic E-state index is 12.0. The molecule has 8 nitrogen and oxygen atoms in total. The van der Waals surface area contributed by atoms with E-state index >= 15 is 0 Å². The van der Waals surface area contributed by atoms with Gasteiger partial charge in [0, 0.05) is 18.5 Å². The molecule has 186 valence electrons. The molecule has 0 fully saturated rings. The number of rotatable bonds is 13. The number of hydrogen-bond acceptors (Lipinski definition) is 7. The monoisotopic (exact) mass is 480 g/mol. The van der Waals surface area contributed by atoms with Crippen molar-refractivity contribution in [2.75, 3.05) is 19.8 Å². The van der Waals surface area contributed by atoms with Crippen molar-refractivity contribution in [1.29, 1.82) is 0 Å². The lowest BCUT2D eigenvalue weighted by atomic mass is 10.1. The van der Waals surface area contributed by atoms with Crippen LogP contribution in [0.25, 0.3) is 11.5 Å². The molecule has 0 saturated heterocycles. The number of ether oxygens (including phenoxy) is 2. The molecule has 0 aliphatic carbocycles. The van der Waals surface area contributed by atoms with Crippen LogP contribution in [0.5, 0.6) is 5.75 Å². The number of carboxylic acids is 1. The zero-order valence-electron chi connectivity index (χ0n) is 20.4.